The molecule has 0 bridgehead atoms. The van der Waals surface area contributed by atoms with Gasteiger partial charge in [0, 0.05) is 25.9 Å². The second kappa shape index (κ2) is 3.71. The van der Waals surface area contributed by atoms with Crippen molar-refractivity contribution in [1.82, 2.24) is 4.90 Å². The van der Waals surface area contributed by atoms with Crippen LogP contribution >= 0.6 is 0 Å². The van der Waals surface area contributed by atoms with E-state index < -0.39 is 0 Å². The lowest BCUT2D eigenvalue weighted by Crippen LogP contribution is -2.42. The van der Waals surface area contributed by atoms with Crippen molar-refractivity contribution in [2.24, 2.45) is 17.8 Å². The molecule has 1 heterocycles. The molecule has 1 amide bonds. The quantitative estimate of drug-likeness (QED) is 0.587. The van der Waals surface area contributed by atoms with Crippen molar-refractivity contribution >= 4 is 12.2 Å². The van der Waals surface area contributed by atoms with Gasteiger partial charge in [-0.15, -0.1) is 0 Å². The number of carbonyl (C=O) groups is 2. The van der Waals surface area contributed by atoms with Gasteiger partial charge < -0.3 is 9.69 Å². The summed E-state index contributed by atoms with van der Waals surface area (Å²) in [7, 11) is 0. The Morgan fingerprint density at radius 3 is 2.79 bits per heavy atom. The summed E-state index contributed by atoms with van der Waals surface area (Å²) in [6.07, 6.45) is 4.30. The van der Waals surface area contributed by atoms with Crippen molar-refractivity contribution in [3.63, 3.8) is 0 Å². The molecule has 2 fully saturated rings. The first-order valence-corrected chi connectivity index (χ1v) is 5.43. The molecule has 14 heavy (non-hydrogen) atoms. The second-order valence-corrected chi connectivity index (χ2v) is 4.55. The van der Waals surface area contributed by atoms with Crippen LogP contribution in [0.4, 0.5) is 0 Å². The van der Waals surface area contributed by atoms with Gasteiger partial charge in [-0.25, -0.2) is 0 Å². The van der Waals surface area contributed by atoms with E-state index in [1.807, 2.05) is 4.90 Å². The number of hydrogen-bond donors (Lipinski definition) is 0. The smallest absolute Gasteiger partial charge is 0.219 e. The Balaban J connectivity index is 2.00. The fourth-order valence-corrected chi connectivity index (χ4v) is 2.99. The summed E-state index contributed by atoms with van der Waals surface area (Å²) in [5.41, 5.74) is 0. The number of carbonyl (C=O) groups excluding carboxylic acids is 2. The molecule has 2 aliphatic rings. The summed E-state index contributed by atoms with van der Waals surface area (Å²) in [5, 5.41) is 0. The molecule has 3 heteroatoms. The number of amides is 1. The number of rotatable bonds is 1. The van der Waals surface area contributed by atoms with Gasteiger partial charge in [0.15, 0.2) is 0 Å². The normalized spacial score (nSPS) is 36.6. The summed E-state index contributed by atoms with van der Waals surface area (Å²) >= 11 is 0. The van der Waals surface area contributed by atoms with Crippen molar-refractivity contribution in [3.05, 3.63) is 0 Å². The molecular weight excluding hydrogens is 178 g/mol. The minimum absolute atomic E-state index is 0.179. The highest BCUT2D eigenvalue weighted by Gasteiger charge is 2.39. The van der Waals surface area contributed by atoms with Gasteiger partial charge in [0.2, 0.25) is 5.91 Å². The molecule has 0 aromatic heterocycles. The van der Waals surface area contributed by atoms with Crippen LogP contribution < -0.4 is 0 Å². The van der Waals surface area contributed by atoms with Crippen LogP contribution in [0, 0.1) is 17.8 Å². The van der Waals surface area contributed by atoms with Crippen LogP contribution in [-0.2, 0) is 9.59 Å². The summed E-state index contributed by atoms with van der Waals surface area (Å²) < 4.78 is 0. The molecule has 3 nitrogen and oxygen atoms in total. The third kappa shape index (κ3) is 1.56. The largest absolute Gasteiger partial charge is 0.343 e. The SMILES string of the molecule is CC(=O)N1CCC2C(C=O)CCC2C1. The van der Waals surface area contributed by atoms with Crippen LogP contribution in [0.1, 0.15) is 26.2 Å². The average molecular weight is 195 g/mol. The molecule has 0 aromatic carbocycles. The van der Waals surface area contributed by atoms with Crippen LogP contribution in [0.25, 0.3) is 0 Å². The zero-order chi connectivity index (χ0) is 10.1. The Labute approximate surface area is 84.5 Å². The van der Waals surface area contributed by atoms with E-state index in [2.05, 4.69) is 0 Å². The molecule has 0 radical (unpaired) electrons. The lowest BCUT2D eigenvalue weighted by Gasteiger charge is -2.35. The fraction of sp³-hybridized carbons (Fsp3) is 0.818. The Bertz CT molecular complexity index is 252. The number of piperidine rings is 1. The van der Waals surface area contributed by atoms with Crippen LogP contribution in [0.15, 0.2) is 0 Å². The summed E-state index contributed by atoms with van der Waals surface area (Å²) in [6.45, 7) is 3.36. The molecular formula is C11H17NO2. The van der Waals surface area contributed by atoms with Gasteiger partial charge in [0.1, 0.15) is 6.29 Å². The maximum atomic E-state index is 11.2. The van der Waals surface area contributed by atoms with Crippen molar-refractivity contribution < 1.29 is 9.59 Å². The van der Waals surface area contributed by atoms with E-state index >= 15 is 0 Å². The Morgan fingerprint density at radius 2 is 2.14 bits per heavy atom. The third-order valence-electron chi connectivity index (χ3n) is 3.83. The molecule has 0 N–H and O–H groups in total. The predicted octanol–water partition coefficient (Wildman–Crippen LogP) is 1.08. The maximum Gasteiger partial charge on any atom is 0.219 e. The zero-order valence-electron chi connectivity index (χ0n) is 8.61. The predicted molar refractivity (Wildman–Crippen MR) is 52.6 cm³/mol. The Kier molecular flexibility index (Phi) is 2.57. The summed E-state index contributed by atoms with van der Waals surface area (Å²) in [6, 6.07) is 0. The minimum Gasteiger partial charge on any atom is -0.343 e. The van der Waals surface area contributed by atoms with E-state index in [-0.39, 0.29) is 11.8 Å². The standard InChI is InChI=1S/C11H17NO2/c1-8(14)12-5-4-11-9(6-12)2-3-10(11)7-13/h7,9-11H,2-6H2,1H3. The highest BCUT2D eigenvalue weighted by Crippen LogP contribution is 2.41. The molecule has 78 valence electrons. The molecule has 1 saturated heterocycles. The number of nitrogens with zero attached hydrogens (tertiary/aromatic N) is 1. The van der Waals surface area contributed by atoms with Gasteiger partial charge in [0.05, 0.1) is 0 Å². The van der Waals surface area contributed by atoms with Crippen LogP contribution in [-0.4, -0.2) is 30.2 Å². The summed E-state index contributed by atoms with van der Waals surface area (Å²) in [5.74, 6) is 1.60. The molecule has 3 unspecified atom stereocenters. The van der Waals surface area contributed by atoms with Crippen LogP contribution in [0.2, 0.25) is 0 Å². The second-order valence-electron chi connectivity index (χ2n) is 4.55. The van der Waals surface area contributed by atoms with Gasteiger partial charge in [-0.05, 0) is 31.1 Å². The van der Waals surface area contributed by atoms with Crippen LogP contribution in [0.3, 0.4) is 0 Å². The molecule has 2 rings (SSSR count). The topological polar surface area (TPSA) is 37.4 Å². The van der Waals surface area contributed by atoms with Crippen molar-refractivity contribution in [3.8, 4) is 0 Å². The van der Waals surface area contributed by atoms with E-state index in [4.69, 9.17) is 0 Å². The number of aldehydes is 1. The van der Waals surface area contributed by atoms with E-state index in [1.54, 1.807) is 6.92 Å². The number of hydrogen-bond acceptors (Lipinski definition) is 2. The Morgan fingerprint density at radius 1 is 1.36 bits per heavy atom. The van der Waals surface area contributed by atoms with Gasteiger partial charge in [0.25, 0.3) is 0 Å². The zero-order valence-corrected chi connectivity index (χ0v) is 8.61. The molecule has 0 spiro atoms. The monoisotopic (exact) mass is 195 g/mol. The maximum absolute atomic E-state index is 11.2. The summed E-state index contributed by atoms with van der Waals surface area (Å²) in [4.78, 5) is 23.9. The van der Waals surface area contributed by atoms with Gasteiger partial charge in [-0.1, -0.05) is 0 Å². The van der Waals surface area contributed by atoms with E-state index in [0.29, 0.717) is 11.8 Å². The first kappa shape index (κ1) is 9.69. The first-order chi connectivity index (χ1) is 6.72. The van der Waals surface area contributed by atoms with Crippen molar-refractivity contribution in [2.45, 2.75) is 26.2 Å². The van der Waals surface area contributed by atoms with E-state index in [9.17, 15) is 9.59 Å². The molecule has 1 saturated carbocycles. The third-order valence-corrected chi connectivity index (χ3v) is 3.83. The van der Waals surface area contributed by atoms with Crippen molar-refractivity contribution in [2.75, 3.05) is 13.1 Å². The fourth-order valence-electron chi connectivity index (χ4n) is 2.99. The van der Waals surface area contributed by atoms with Crippen LogP contribution in [0.5, 0.6) is 0 Å². The van der Waals surface area contributed by atoms with E-state index in [0.717, 1.165) is 38.6 Å². The average Bonchev–Trinajstić information content (AvgIpc) is 2.59. The minimum atomic E-state index is 0.179. The van der Waals surface area contributed by atoms with E-state index in [1.165, 1.54) is 0 Å². The van der Waals surface area contributed by atoms with Crippen molar-refractivity contribution in [1.29, 1.82) is 0 Å². The highest BCUT2D eigenvalue weighted by atomic mass is 16.2. The molecule has 3 atom stereocenters. The van der Waals surface area contributed by atoms with Gasteiger partial charge >= 0.3 is 0 Å². The Hall–Kier alpha value is -0.860. The highest BCUT2D eigenvalue weighted by molar-refractivity contribution is 5.73. The van der Waals surface area contributed by atoms with Gasteiger partial charge in [-0.2, -0.15) is 0 Å². The van der Waals surface area contributed by atoms with Gasteiger partial charge in [-0.3, -0.25) is 4.79 Å². The lowest BCUT2D eigenvalue weighted by molar-refractivity contribution is -0.131. The first-order valence-electron chi connectivity index (χ1n) is 5.43. The number of fused-ring (bicyclic) bond motifs is 1. The molecule has 0 aromatic rings. The number of likely N-dealkylation sites (tertiary alicyclic amines) is 1. The lowest BCUT2D eigenvalue weighted by atomic mass is 9.84. The molecule has 1 aliphatic carbocycles. The molecule has 1 aliphatic heterocycles.